The highest BCUT2D eigenvalue weighted by atomic mass is 19.4. The molecular weight excluding hydrogens is 244 g/mol. The van der Waals surface area contributed by atoms with Crippen molar-refractivity contribution in [3.05, 3.63) is 12.8 Å². The van der Waals surface area contributed by atoms with Crippen LogP contribution in [0.2, 0.25) is 0 Å². The molecule has 0 spiro atoms. The van der Waals surface area contributed by atoms with E-state index in [2.05, 4.69) is 6.58 Å². The van der Waals surface area contributed by atoms with Gasteiger partial charge < -0.3 is 0 Å². The topological polar surface area (TPSA) is 37.4 Å². The van der Waals surface area contributed by atoms with Gasteiger partial charge in [0.05, 0.1) is 0 Å². The molecule has 0 atom stereocenters. The Morgan fingerprint density at radius 2 is 1.31 bits per heavy atom. The number of halogens is 6. The largest absolute Gasteiger partial charge is 0.421 e. The second kappa shape index (κ2) is 2.98. The number of carbonyl (C=O) groups excluding carboxylic acids is 2. The standard InChI is InChI=1S/C7H3F6NO2/c1-2-14-3(15)5(4(14)16,6(8,9)10)7(11,12)13/h2H,1H2. The van der Waals surface area contributed by atoms with E-state index in [4.69, 9.17) is 0 Å². The molecule has 0 radical (unpaired) electrons. The average molecular weight is 247 g/mol. The highest BCUT2D eigenvalue weighted by molar-refractivity contribution is 6.23. The van der Waals surface area contributed by atoms with Gasteiger partial charge in [0.2, 0.25) is 0 Å². The first-order valence-corrected chi connectivity index (χ1v) is 3.66. The van der Waals surface area contributed by atoms with Gasteiger partial charge in [-0.15, -0.1) is 0 Å². The molecule has 0 bridgehead atoms. The Kier molecular flexibility index (Phi) is 2.34. The van der Waals surface area contributed by atoms with Gasteiger partial charge in [-0.3, -0.25) is 14.5 Å². The lowest BCUT2D eigenvalue weighted by molar-refractivity contribution is -0.328. The van der Waals surface area contributed by atoms with Crippen molar-refractivity contribution in [3.63, 3.8) is 0 Å². The van der Waals surface area contributed by atoms with Crippen molar-refractivity contribution in [2.75, 3.05) is 0 Å². The molecule has 16 heavy (non-hydrogen) atoms. The van der Waals surface area contributed by atoms with Crippen molar-refractivity contribution in [1.29, 1.82) is 0 Å². The molecular formula is C7H3F6NO2. The molecule has 9 heteroatoms. The molecule has 2 amide bonds. The van der Waals surface area contributed by atoms with E-state index in [1.165, 1.54) is 0 Å². The minimum atomic E-state index is -6.01. The van der Waals surface area contributed by atoms with Gasteiger partial charge in [0.25, 0.3) is 11.8 Å². The SMILES string of the molecule is C=CN1C(=O)C(C(F)(F)F)(C(F)(F)F)C1=O. The fourth-order valence-electron chi connectivity index (χ4n) is 1.30. The van der Waals surface area contributed by atoms with E-state index in [1.54, 1.807) is 0 Å². The maximum atomic E-state index is 12.2. The number of amides is 2. The number of alkyl halides is 6. The lowest BCUT2D eigenvalue weighted by Crippen LogP contribution is -2.76. The van der Waals surface area contributed by atoms with Crippen molar-refractivity contribution in [1.82, 2.24) is 4.90 Å². The van der Waals surface area contributed by atoms with Crippen LogP contribution < -0.4 is 0 Å². The Balaban J connectivity index is 3.38. The fourth-order valence-corrected chi connectivity index (χ4v) is 1.30. The van der Waals surface area contributed by atoms with Gasteiger partial charge in [-0.05, 0) is 0 Å². The van der Waals surface area contributed by atoms with Crippen LogP contribution in [0, 0.1) is 5.41 Å². The fraction of sp³-hybridized carbons (Fsp3) is 0.429. The van der Waals surface area contributed by atoms with Crippen molar-refractivity contribution in [2.45, 2.75) is 12.4 Å². The number of imide groups is 1. The zero-order valence-corrected chi connectivity index (χ0v) is 7.32. The third-order valence-electron chi connectivity index (χ3n) is 2.11. The van der Waals surface area contributed by atoms with Gasteiger partial charge in [-0.1, -0.05) is 6.58 Å². The predicted octanol–water partition coefficient (Wildman–Crippen LogP) is 1.61. The van der Waals surface area contributed by atoms with Gasteiger partial charge in [0.1, 0.15) is 0 Å². The van der Waals surface area contributed by atoms with Crippen LogP contribution in [0.25, 0.3) is 0 Å². The number of carbonyl (C=O) groups is 2. The van der Waals surface area contributed by atoms with Gasteiger partial charge in [-0.25, -0.2) is 0 Å². The van der Waals surface area contributed by atoms with Gasteiger partial charge >= 0.3 is 17.8 Å². The highest BCUT2D eigenvalue weighted by Crippen LogP contribution is 2.57. The number of hydrogen-bond acceptors (Lipinski definition) is 2. The second-order valence-electron chi connectivity index (χ2n) is 2.91. The molecule has 0 aliphatic carbocycles. The predicted molar refractivity (Wildman–Crippen MR) is 36.6 cm³/mol. The second-order valence-corrected chi connectivity index (χ2v) is 2.91. The van der Waals surface area contributed by atoms with E-state index in [9.17, 15) is 35.9 Å². The maximum absolute atomic E-state index is 12.2. The molecule has 3 nitrogen and oxygen atoms in total. The highest BCUT2D eigenvalue weighted by Gasteiger charge is 2.87. The molecule has 0 aromatic rings. The molecule has 1 saturated heterocycles. The molecule has 1 rings (SSSR count). The van der Waals surface area contributed by atoms with Crippen LogP contribution in [0.5, 0.6) is 0 Å². The maximum Gasteiger partial charge on any atom is 0.421 e. The summed E-state index contributed by atoms with van der Waals surface area (Å²) in [5.74, 6) is -4.76. The lowest BCUT2D eigenvalue weighted by atomic mass is 9.76. The minimum Gasteiger partial charge on any atom is -0.272 e. The van der Waals surface area contributed by atoms with Gasteiger partial charge in [0, 0.05) is 6.20 Å². The smallest absolute Gasteiger partial charge is 0.272 e. The van der Waals surface area contributed by atoms with Gasteiger partial charge in [0.15, 0.2) is 0 Å². The Hall–Kier alpha value is -1.54. The Labute approximate surface area is 84.3 Å². The van der Waals surface area contributed by atoms with E-state index >= 15 is 0 Å². The van der Waals surface area contributed by atoms with Gasteiger partial charge in [-0.2, -0.15) is 26.3 Å². The van der Waals surface area contributed by atoms with Crippen LogP contribution in [0.3, 0.4) is 0 Å². The van der Waals surface area contributed by atoms with E-state index in [0.29, 0.717) is 6.20 Å². The van der Waals surface area contributed by atoms with Crippen molar-refractivity contribution in [2.24, 2.45) is 5.41 Å². The molecule has 1 aliphatic heterocycles. The summed E-state index contributed by atoms with van der Waals surface area (Å²) in [5, 5.41) is 0. The first-order valence-electron chi connectivity index (χ1n) is 3.66. The van der Waals surface area contributed by atoms with Crippen LogP contribution in [0.1, 0.15) is 0 Å². The molecule has 0 saturated carbocycles. The molecule has 1 aliphatic rings. The molecule has 0 aromatic carbocycles. The molecule has 1 heterocycles. The van der Waals surface area contributed by atoms with Crippen molar-refractivity contribution < 1.29 is 35.9 Å². The number of likely N-dealkylation sites (tertiary alicyclic amines) is 1. The third-order valence-corrected chi connectivity index (χ3v) is 2.11. The third kappa shape index (κ3) is 1.11. The van der Waals surface area contributed by atoms with E-state index < -0.39 is 29.6 Å². The monoisotopic (exact) mass is 247 g/mol. The number of rotatable bonds is 1. The van der Waals surface area contributed by atoms with Crippen LogP contribution in [0.15, 0.2) is 12.8 Å². The Morgan fingerprint density at radius 1 is 1.00 bits per heavy atom. The molecule has 1 fully saturated rings. The summed E-state index contributed by atoms with van der Waals surface area (Å²) in [7, 11) is 0. The summed E-state index contributed by atoms with van der Waals surface area (Å²) in [4.78, 5) is 21.3. The first kappa shape index (κ1) is 12.5. The normalized spacial score (nSPS) is 20.8. The summed E-state index contributed by atoms with van der Waals surface area (Å²) < 4.78 is 73.4. The summed E-state index contributed by atoms with van der Waals surface area (Å²) in [6.07, 6.45) is -11.7. The summed E-state index contributed by atoms with van der Waals surface area (Å²) in [6, 6.07) is 0. The Bertz CT molecular complexity index is 336. The molecule has 0 unspecified atom stereocenters. The van der Waals surface area contributed by atoms with Crippen molar-refractivity contribution >= 4 is 11.8 Å². The summed E-state index contributed by atoms with van der Waals surface area (Å²) in [5.41, 5.74) is -4.94. The molecule has 0 N–H and O–H groups in total. The quantitative estimate of drug-likeness (QED) is 0.401. The molecule has 90 valence electrons. The van der Waals surface area contributed by atoms with E-state index in [0.717, 1.165) is 0 Å². The first-order chi connectivity index (χ1) is 7.01. The van der Waals surface area contributed by atoms with Crippen LogP contribution in [0.4, 0.5) is 26.3 Å². The Morgan fingerprint density at radius 3 is 1.50 bits per heavy atom. The van der Waals surface area contributed by atoms with E-state index in [1.807, 2.05) is 0 Å². The van der Waals surface area contributed by atoms with Crippen LogP contribution in [-0.2, 0) is 9.59 Å². The summed E-state index contributed by atoms with van der Waals surface area (Å²) in [6.45, 7) is 2.76. The lowest BCUT2D eigenvalue weighted by Gasteiger charge is -2.45. The summed E-state index contributed by atoms with van der Waals surface area (Å²) >= 11 is 0. The average Bonchev–Trinajstić information content (AvgIpc) is 1.99. The van der Waals surface area contributed by atoms with Crippen molar-refractivity contribution in [3.8, 4) is 0 Å². The van der Waals surface area contributed by atoms with Crippen LogP contribution >= 0.6 is 0 Å². The molecule has 0 aromatic heterocycles. The van der Waals surface area contributed by atoms with Crippen LogP contribution in [-0.4, -0.2) is 29.1 Å². The minimum absolute atomic E-state index is 0.306. The zero-order chi connectivity index (χ0) is 12.9. The number of β-lactam (4-membered cyclic amide) rings is 2. The number of hydrogen-bond donors (Lipinski definition) is 0. The van der Waals surface area contributed by atoms with E-state index in [-0.39, 0.29) is 4.90 Å². The number of nitrogens with zero attached hydrogens (tertiary/aromatic N) is 1. The zero-order valence-electron chi connectivity index (χ0n) is 7.32.